The molecule has 3 heteroatoms. The van der Waals surface area contributed by atoms with Gasteiger partial charge in [-0.15, -0.1) is 0 Å². The van der Waals surface area contributed by atoms with E-state index < -0.39 is 0 Å². The topological polar surface area (TPSA) is 26.7 Å². The Morgan fingerprint density at radius 2 is 2.00 bits per heavy atom. The van der Waals surface area contributed by atoms with E-state index in [9.17, 15) is 5.11 Å². The molecule has 0 bridgehead atoms. The highest BCUT2D eigenvalue weighted by Crippen LogP contribution is 2.18. The molecule has 96 valence electrons. The van der Waals surface area contributed by atoms with E-state index in [-0.39, 0.29) is 6.10 Å². The highest BCUT2D eigenvalue weighted by Gasteiger charge is 2.28. The lowest BCUT2D eigenvalue weighted by Gasteiger charge is -2.37. The third kappa shape index (κ3) is 3.44. The molecule has 0 radical (unpaired) electrons. The molecule has 0 aliphatic carbocycles. The molecule has 0 saturated carbocycles. The molecule has 0 spiro atoms. The quantitative estimate of drug-likeness (QED) is 0.791. The first-order valence-electron chi connectivity index (χ1n) is 6.72. The molecule has 0 amide bonds. The van der Waals surface area contributed by atoms with Crippen molar-refractivity contribution < 1.29 is 5.11 Å². The molecule has 1 heterocycles. The van der Waals surface area contributed by atoms with E-state index in [1.54, 1.807) is 0 Å². The molecule has 1 aliphatic rings. The predicted molar refractivity (Wildman–Crippen MR) is 68.7 cm³/mol. The Labute approximate surface area is 100 Å². The van der Waals surface area contributed by atoms with Gasteiger partial charge in [-0.2, -0.15) is 0 Å². The number of hydrogen-bond donors (Lipinski definition) is 1. The largest absolute Gasteiger partial charge is 0.392 e. The van der Waals surface area contributed by atoms with Crippen LogP contribution in [0.2, 0.25) is 0 Å². The van der Waals surface area contributed by atoms with Crippen LogP contribution in [0.4, 0.5) is 0 Å². The Hall–Kier alpha value is -0.120. The Morgan fingerprint density at radius 3 is 2.56 bits per heavy atom. The number of hydrogen-bond acceptors (Lipinski definition) is 3. The second-order valence-electron chi connectivity index (χ2n) is 5.13. The smallest absolute Gasteiger partial charge is 0.0690 e. The molecule has 16 heavy (non-hydrogen) atoms. The summed E-state index contributed by atoms with van der Waals surface area (Å²) in [6, 6.07) is 0.894. The fourth-order valence-electron chi connectivity index (χ4n) is 2.72. The third-order valence-corrected chi connectivity index (χ3v) is 3.92. The van der Waals surface area contributed by atoms with Crippen molar-refractivity contribution in [3.05, 3.63) is 0 Å². The van der Waals surface area contributed by atoms with Gasteiger partial charge in [-0.3, -0.25) is 4.90 Å². The van der Waals surface area contributed by atoms with Gasteiger partial charge in [0.1, 0.15) is 0 Å². The first kappa shape index (κ1) is 13.9. The predicted octanol–water partition coefficient (Wildman–Crippen LogP) is 1.56. The van der Waals surface area contributed by atoms with Crippen molar-refractivity contribution in [2.75, 3.05) is 26.7 Å². The molecular weight excluding hydrogens is 200 g/mol. The first-order chi connectivity index (χ1) is 7.60. The van der Waals surface area contributed by atoms with Crippen molar-refractivity contribution in [3.8, 4) is 0 Å². The minimum atomic E-state index is -0.183. The van der Waals surface area contributed by atoms with Crippen molar-refractivity contribution in [1.82, 2.24) is 9.80 Å². The average Bonchev–Trinajstić information content (AvgIpc) is 2.48. The van der Waals surface area contributed by atoms with E-state index in [4.69, 9.17) is 0 Å². The molecule has 3 unspecified atom stereocenters. The maximum atomic E-state index is 9.99. The van der Waals surface area contributed by atoms with Crippen LogP contribution in [0.1, 0.15) is 40.0 Å². The SMILES string of the molecule is CCC(O)C(C)N1CCCN(C)CC1CC. The van der Waals surface area contributed by atoms with Crippen molar-refractivity contribution in [3.63, 3.8) is 0 Å². The van der Waals surface area contributed by atoms with Crippen LogP contribution in [0.15, 0.2) is 0 Å². The number of likely N-dealkylation sites (N-methyl/N-ethyl adjacent to an activating group) is 1. The molecule has 1 saturated heterocycles. The summed E-state index contributed by atoms with van der Waals surface area (Å²) in [6.07, 6.45) is 3.06. The molecule has 0 aromatic carbocycles. The van der Waals surface area contributed by atoms with Gasteiger partial charge < -0.3 is 10.0 Å². The van der Waals surface area contributed by atoms with Gasteiger partial charge in [-0.1, -0.05) is 13.8 Å². The molecule has 0 aromatic heterocycles. The summed E-state index contributed by atoms with van der Waals surface area (Å²) in [4.78, 5) is 4.93. The second kappa shape index (κ2) is 6.58. The van der Waals surface area contributed by atoms with Crippen molar-refractivity contribution in [1.29, 1.82) is 0 Å². The van der Waals surface area contributed by atoms with Crippen molar-refractivity contribution >= 4 is 0 Å². The van der Waals surface area contributed by atoms with E-state index >= 15 is 0 Å². The van der Waals surface area contributed by atoms with Gasteiger partial charge in [-0.25, -0.2) is 0 Å². The van der Waals surface area contributed by atoms with Crippen LogP contribution >= 0.6 is 0 Å². The van der Waals surface area contributed by atoms with Gasteiger partial charge in [0.05, 0.1) is 6.10 Å². The number of aliphatic hydroxyl groups excluding tert-OH is 1. The lowest BCUT2D eigenvalue weighted by molar-refractivity contribution is 0.0309. The van der Waals surface area contributed by atoms with Crippen LogP contribution in [0, 0.1) is 0 Å². The third-order valence-electron chi connectivity index (χ3n) is 3.92. The fourth-order valence-corrected chi connectivity index (χ4v) is 2.72. The van der Waals surface area contributed by atoms with Gasteiger partial charge in [0.2, 0.25) is 0 Å². The lowest BCUT2D eigenvalue weighted by atomic mass is 10.0. The lowest BCUT2D eigenvalue weighted by Crippen LogP contribution is -2.49. The summed E-state index contributed by atoms with van der Waals surface area (Å²) in [7, 11) is 2.20. The monoisotopic (exact) mass is 228 g/mol. The van der Waals surface area contributed by atoms with E-state index in [1.165, 1.54) is 19.4 Å². The van der Waals surface area contributed by atoms with Crippen LogP contribution in [0.3, 0.4) is 0 Å². The van der Waals surface area contributed by atoms with Gasteiger partial charge in [0.25, 0.3) is 0 Å². The average molecular weight is 228 g/mol. The maximum Gasteiger partial charge on any atom is 0.0690 e. The summed E-state index contributed by atoms with van der Waals surface area (Å²) >= 11 is 0. The molecule has 1 fully saturated rings. The van der Waals surface area contributed by atoms with Crippen LogP contribution in [-0.4, -0.2) is 59.8 Å². The minimum Gasteiger partial charge on any atom is -0.392 e. The summed E-state index contributed by atoms with van der Waals surface area (Å²) < 4.78 is 0. The van der Waals surface area contributed by atoms with Gasteiger partial charge in [0.15, 0.2) is 0 Å². The Balaban J connectivity index is 2.66. The molecule has 1 aliphatic heterocycles. The van der Waals surface area contributed by atoms with Gasteiger partial charge in [0, 0.05) is 25.2 Å². The zero-order chi connectivity index (χ0) is 12.1. The molecule has 3 nitrogen and oxygen atoms in total. The zero-order valence-corrected chi connectivity index (χ0v) is 11.3. The van der Waals surface area contributed by atoms with E-state index in [2.05, 4.69) is 37.6 Å². The molecule has 3 atom stereocenters. The van der Waals surface area contributed by atoms with Crippen molar-refractivity contribution in [2.24, 2.45) is 0 Å². The Bertz CT molecular complexity index is 198. The number of aliphatic hydroxyl groups is 1. The van der Waals surface area contributed by atoms with Gasteiger partial charge >= 0.3 is 0 Å². The summed E-state index contributed by atoms with van der Waals surface area (Å²) in [6.45, 7) is 9.93. The van der Waals surface area contributed by atoms with Crippen LogP contribution < -0.4 is 0 Å². The second-order valence-corrected chi connectivity index (χ2v) is 5.13. The maximum absolute atomic E-state index is 9.99. The van der Waals surface area contributed by atoms with E-state index in [0.29, 0.717) is 12.1 Å². The first-order valence-corrected chi connectivity index (χ1v) is 6.72. The van der Waals surface area contributed by atoms with E-state index in [1.807, 2.05) is 0 Å². The minimum absolute atomic E-state index is 0.183. The fraction of sp³-hybridized carbons (Fsp3) is 1.00. The zero-order valence-electron chi connectivity index (χ0n) is 11.3. The summed E-state index contributed by atoms with van der Waals surface area (Å²) in [5, 5.41) is 9.99. The normalized spacial score (nSPS) is 28.7. The van der Waals surface area contributed by atoms with Gasteiger partial charge in [-0.05, 0) is 39.8 Å². The standard InChI is InChI=1S/C13H28N2O/c1-5-12-10-14(4)8-7-9-15(12)11(3)13(16)6-2/h11-13,16H,5-10H2,1-4H3. The molecule has 1 N–H and O–H groups in total. The van der Waals surface area contributed by atoms with Crippen LogP contribution in [0.25, 0.3) is 0 Å². The number of rotatable bonds is 4. The van der Waals surface area contributed by atoms with Crippen molar-refractivity contribution in [2.45, 2.75) is 58.2 Å². The summed E-state index contributed by atoms with van der Waals surface area (Å²) in [5.41, 5.74) is 0. The Morgan fingerprint density at radius 1 is 1.31 bits per heavy atom. The Kier molecular flexibility index (Phi) is 5.73. The van der Waals surface area contributed by atoms with E-state index in [0.717, 1.165) is 19.5 Å². The van der Waals surface area contributed by atoms with Crippen LogP contribution in [-0.2, 0) is 0 Å². The number of nitrogens with zero attached hydrogens (tertiary/aromatic N) is 2. The highest BCUT2D eigenvalue weighted by atomic mass is 16.3. The van der Waals surface area contributed by atoms with Crippen LogP contribution in [0.5, 0.6) is 0 Å². The molecular formula is C13H28N2O. The molecule has 1 rings (SSSR count). The molecule has 0 aromatic rings. The summed E-state index contributed by atoms with van der Waals surface area (Å²) in [5.74, 6) is 0. The highest BCUT2D eigenvalue weighted by molar-refractivity contribution is 4.84.